The first-order valence-electron chi connectivity index (χ1n) is 8.51. The highest BCUT2D eigenvalue weighted by molar-refractivity contribution is 5.94. The Balaban J connectivity index is 1.89. The fourth-order valence-electron chi connectivity index (χ4n) is 4.18. The number of ether oxygens (including phenoxy) is 1. The molecule has 128 valence electrons. The van der Waals surface area contributed by atoms with Crippen molar-refractivity contribution in [3.63, 3.8) is 0 Å². The normalized spacial score (nSPS) is 23.6. The van der Waals surface area contributed by atoms with E-state index in [0.717, 1.165) is 23.2 Å². The zero-order chi connectivity index (χ0) is 17.6. The maximum absolute atomic E-state index is 14.4. The van der Waals surface area contributed by atoms with Crippen LogP contribution < -0.4 is 5.32 Å². The van der Waals surface area contributed by atoms with Gasteiger partial charge in [-0.3, -0.25) is 0 Å². The number of hydrogen-bond donors (Lipinski definition) is 1. The molecule has 0 fully saturated rings. The van der Waals surface area contributed by atoms with Gasteiger partial charge in [-0.1, -0.05) is 36.4 Å². The number of hydrogen-bond acceptors (Lipinski definition) is 3. The van der Waals surface area contributed by atoms with Crippen LogP contribution in [0.4, 0.5) is 10.1 Å². The summed E-state index contributed by atoms with van der Waals surface area (Å²) in [7, 11) is 1.40. The van der Waals surface area contributed by atoms with Crippen molar-refractivity contribution in [2.45, 2.75) is 25.3 Å². The predicted molar refractivity (Wildman–Crippen MR) is 95.3 cm³/mol. The van der Waals surface area contributed by atoms with Crippen molar-refractivity contribution in [2.75, 3.05) is 12.4 Å². The first-order chi connectivity index (χ1) is 12.1. The number of methoxy groups -OCH3 is 1. The highest BCUT2D eigenvalue weighted by Gasteiger charge is 2.41. The lowest BCUT2D eigenvalue weighted by Gasteiger charge is -2.39. The summed E-state index contributed by atoms with van der Waals surface area (Å²) < 4.78 is 19.4. The van der Waals surface area contributed by atoms with Crippen molar-refractivity contribution in [1.82, 2.24) is 0 Å². The van der Waals surface area contributed by atoms with Gasteiger partial charge in [0.1, 0.15) is 5.82 Å². The van der Waals surface area contributed by atoms with Crippen LogP contribution in [0.3, 0.4) is 0 Å². The number of esters is 1. The van der Waals surface area contributed by atoms with Gasteiger partial charge < -0.3 is 10.1 Å². The van der Waals surface area contributed by atoms with Gasteiger partial charge in [-0.15, -0.1) is 0 Å². The Bertz CT molecular complexity index is 874. The molecule has 0 unspecified atom stereocenters. The standard InChI is InChI=1S/C21H20FNO2/c1-12-10-11-16(21(24)25-2)18-13-7-5-8-14(13)20(23-19(12)18)15-6-3-4-9-17(15)22/h3-7,9-11,13-14,20,23H,8H2,1-2H3/t13-,14+,20+/m1/s1. The molecule has 0 aromatic heterocycles. The van der Waals surface area contributed by atoms with Crippen molar-refractivity contribution < 1.29 is 13.9 Å². The molecule has 0 saturated heterocycles. The summed E-state index contributed by atoms with van der Waals surface area (Å²) in [6.45, 7) is 2.00. The van der Waals surface area contributed by atoms with Gasteiger partial charge in [-0.25, -0.2) is 9.18 Å². The topological polar surface area (TPSA) is 38.3 Å². The summed E-state index contributed by atoms with van der Waals surface area (Å²) in [5.41, 5.74) is 4.20. The number of carbonyl (C=O) groups is 1. The zero-order valence-electron chi connectivity index (χ0n) is 14.3. The van der Waals surface area contributed by atoms with E-state index in [2.05, 4.69) is 17.5 Å². The molecule has 3 atom stereocenters. The quantitative estimate of drug-likeness (QED) is 0.635. The smallest absolute Gasteiger partial charge is 0.338 e. The first kappa shape index (κ1) is 15.9. The van der Waals surface area contributed by atoms with E-state index in [1.807, 2.05) is 31.2 Å². The number of allylic oxidation sites excluding steroid dienone is 2. The molecule has 0 saturated carbocycles. The fraction of sp³-hybridized carbons (Fsp3) is 0.286. The minimum atomic E-state index is -0.332. The van der Waals surface area contributed by atoms with E-state index >= 15 is 0 Å². The van der Waals surface area contributed by atoms with Crippen molar-refractivity contribution >= 4 is 11.7 Å². The second-order valence-corrected chi connectivity index (χ2v) is 6.71. The molecule has 4 heteroatoms. The van der Waals surface area contributed by atoms with E-state index in [1.54, 1.807) is 6.07 Å². The lowest BCUT2D eigenvalue weighted by Crippen LogP contribution is -2.31. The number of anilines is 1. The maximum Gasteiger partial charge on any atom is 0.338 e. The average Bonchev–Trinajstić information content (AvgIpc) is 3.11. The highest BCUT2D eigenvalue weighted by Crippen LogP contribution is 2.52. The Morgan fingerprint density at radius 2 is 2.04 bits per heavy atom. The molecule has 2 aromatic rings. The van der Waals surface area contributed by atoms with Gasteiger partial charge in [0, 0.05) is 17.2 Å². The third kappa shape index (κ3) is 2.44. The lowest BCUT2D eigenvalue weighted by molar-refractivity contribution is 0.0598. The number of benzene rings is 2. The molecule has 3 nitrogen and oxygen atoms in total. The Hall–Kier alpha value is -2.62. The lowest BCUT2D eigenvalue weighted by atomic mass is 9.74. The number of rotatable bonds is 2. The second kappa shape index (κ2) is 6.03. The highest BCUT2D eigenvalue weighted by atomic mass is 19.1. The molecule has 1 aliphatic heterocycles. The van der Waals surface area contributed by atoms with Gasteiger partial charge in [0.2, 0.25) is 0 Å². The van der Waals surface area contributed by atoms with Gasteiger partial charge in [-0.05, 0) is 42.5 Å². The molecule has 0 bridgehead atoms. The van der Waals surface area contributed by atoms with Crippen LogP contribution in [0, 0.1) is 18.7 Å². The minimum absolute atomic E-state index is 0.0786. The van der Waals surface area contributed by atoms with Crippen LogP contribution in [0.25, 0.3) is 0 Å². The second-order valence-electron chi connectivity index (χ2n) is 6.71. The third-order valence-corrected chi connectivity index (χ3v) is 5.37. The van der Waals surface area contributed by atoms with Crippen LogP contribution in [-0.2, 0) is 4.74 Å². The molecule has 2 aliphatic rings. The van der Waals surface area contributed by atoms with E-state index < -0.39 is 0 Å². The van der Waals surface area contributed by atoms with E-state index in [-0.39, 0.29) is 29.7 Å². The molecule has 1 aliphatic carbocycles. The maximum atomic E-state index is 14.4. The fourth-order valence-corrected chi connectivity index (χ4v) is 4.18. The summed E-state index contributed by atoms with van der Waals surface area (Å²) in [6, 6.07) is 10.5. The monoisotopic (exact) mass is 337 g/mol. The van der Waals surface area contributed by atoms with E-state index in [0.29, 0.717) is 11.1 Å². The molecule has 2 aromatic carbocycles. The summed E-state index contributed by atoms with van der Waals surface area (Å²) in [4.78, 5) is 12.3. The Morgan fingerprint density at radius 1 is 1.24 bits per heavy atom. The van der Waals surface area contributed by atoms with Gasteiger partial charge in [-0.2, -0.15) is 0 Å². The van der Waals surface area contributed by atoms with Crippen LogP contribution >= 0.6 is 0 Å². The van der Waals surface area contributed by atoms with Gasteiger partial charge in [0.15, 0.2) is 0 Å². The van der Waals surface area contributed by atoms with Crippen LogP contribution in [0.15, 0.2) is 48.6 Å². The number of carbonyl (C=O) groups excluding carboxylic acids is 1. The summed E-state index contributed by atoms with van der Waals surface area (Å²) in [6.07, 6.45) is 5.12. The molecule has 0 spiro atoms. The molecule has 1 heterocycles. The molecular formula is C21H20FNO2. The largest absolute Gasteiger partial charge is 0.465 e. The summed E-state index contributed by atoms with van der Waals surface area (Å²) >= 11 is 0. The summed E-state index contributed by atoms with van der Waals surface area (Å²) in [5, 5.41) is 3.53. The zero-order valence-corrected chi connectivity index (χ0v) is 14.3. The number of aryl methyl sites for hydroxylation is 1. The van der Waals surface area contributed by atoms with E-state index in [4.69, 9.17) is 4.74 Å². The Labute approximate surface area is 146 Å². The minimum Gasteiger partial charge on any atom is -0.465 e. The van der Waals surface area contributed by atoms with Gasteiger partial charge >= 0.3 is 5.97 Å². The van der Waals surface area contributed by atoms with Crippen molar-refractivity contribution in [1.29, 1.82) is 0 Å². The van der Waals surface area contributed by atoms with Crippen molar-refractivity contribution in [3.05, 3.63) is 76.6 Å². The number of fused-ring (bicyclic) bond motifs is 3. The van der Waals surface area contributed by atoms with Gasteiger partial charge in [0.05, 0.1) is 18.7 Å². The average molecular weight is 337 g/mol. The first-order valence-corrected chi connectivity index (χ1v) is 8.51. The molecule has 1 N–H and O–H groups in total. The van der Waals surface area contributed by atoms with Gasteiger partial charge in [0.25, 0.3) is 0 Å². The van der Waals surface area contributed by atoms with E-state index in [1.165, 1.54) is 13.2 Å². The predicted octanol–water partition coefficient (Wildman–Crippen LogP) is 4.75. The van der Waals surface area contributed by atoms with Crippen LogP contribution in [0.1, 0.15) is 45.4 Å². The van der Waals surface area contributed by atoms with Crippen molar-refractivity contribution in [2.24, 2.45) is 5.92 Å². The third-order valence-electron chi connectivity index (χ3n) is 5.37. The molecular weight excluding hydrogens is 317 g/mol. The Morgan fingerprint density at radius 3 is 2.80 bits per heavy atom. The number of nitrogens with one attached hydrogen (secondary N) is 1. The van der Waals surface area contributed by atoms with E-state index in [9.17, 15) is 9.18 Å². The molecule has 25 heavy (non-hydrogen) atoms. The number of halogens is 1. The molecule has 4 rings (SSSR count). The van der Waals surface area contributed by atoms with Crippen LogP contribution in [0.2, 0.25) is 0 Å². The molecule has 0 amide bonds. The SMILES string of the molecule is COC(=O)c1ccc(C)c2c1[C@@H]1C=CC[C@@H]1[C@@H](c1ccccc1F)N2. The van der Waals surface area contributed by atoms with Crippen LogP contribution in [-0.4, -0.2) is 13.1 Å². The van der Waals surface area contributed by atoms with Crippen molar-refractivity contribution in [3.8, 4) is 0 Å². The summed E-state index contributed by atoms with van der Waals surface area (Å²) in [5.74, 6) is -0.276. The van der Waals surface area contributed by atoms with Crippen LogP contribution in [0.5, 0.6) is 0 Å². The molecule has 0 radical (unpaired) electrons. The Kier molecular flexibility index (Phi) is 3.83.